The molecule has 9 heteroatoms. The SMILES string of the molecule is NCC1CN(C(=O)c2csc(C(F)(F)F)n2)CC12CCOCC2. The predicted molar refractivity (Wildman–Crippen MR) is 78.0 cm³/mol. The minimum atomic E-state index is -4.52. The third-order valence-electron chi connectivity index (χ3n) is 4.84. The first kappa shape index (κ1) is 16.7. The van der Waals surface area contributed by atoms with Crippen molar-refractivity contribution in [1.29, 1.82) is 0 Å². The predicted octanol–water partition coefficient (Wildman–Crippen LogP) is 1.99. The maximum atomic E-state index is 12.6. The topological polar surface area (TPSA) is 68.5 Å². The lowest BCUT2D eigenvalue weighted by Gasteiger charge is -2.37. The molecule has 2 N–H and O–H groups in total. The summed E-state index contributed by atoms with van der Waals surface area (Å²) in [5.41, 5.74) is 5.65. The number of carbonyl (C=O) groups excluding carboxylic acids is 1. The lowest BCUT2D eigenvalue weighted by atomic mass is 9.72. The van der Waals surface area contributed by atoms with E-state index in [1.54, 1.807) is 4.90 Å². The van der Waals surface area contributed by atoms with Gasteiger partial charge in [0.25, 0.3) is 5.91 Å². The molecule has 0 aliphatic carbocycles. The van der Waals surface area contributed by atoms with Crippen molar-refractivity contribution in [3.63, 3.8) is 0 Å². The standard InChI is InChI=1S/C14H18F3N3O2S/c15-14(16,17)12-19-10(7-23-12)11(21)20-6-9(5-18)13(8-20)1-3-22-4-2-13/h7,9H,1-6,8,18H2. The molecule has 1 spiro atoms. The number of likely N-dealkylation sites (tertiary alicyclic amines) is 1. The average Bonchev–Trinajstić information content (AvgIpc) is 3.12. The van der Waals surface area contributed by atoms with Crippen molar-refractivity contribution in [3.8, 4) is 0 Å². The second kappa shape index (κ2) is 6.03. The van der Waals surface area contributed by atoms with Gasteiger partial charge in [-0.25, -0.2) is 4.98 Å². The van der Waals surface area contributed by atoms with Crippen LogP contribution >= 0.6 is 11.3 Å². The summed E-state index contributed by atoms with van der Waals surface area (Å²) < 4.78 is 43.3. The van der Waals surface area contributed by atoms with Gasteiger partial charge in [-0.15, -0.1) is 11.3 Å². The van der Waals surface area contributed by atoms with Crippen LogP contribution in [0.1, 0.15) is 28.3 Å². The van der Waals surface area contributed by atoms with Gasteiger partial charge in [0.15, 0.2) is 5.01 Å². The number of alkyl halides is 3. The van der Waals surface area contributed by atoms with Crippen LogP contribution in [0.4, 0.5) is 13.2 Å². The highest BCUT2D eigenvalue weighted by atomic mass is 32.1. The zero-order valence-electron chi connectivity index (χ0n) is 12.4. The van der Waals surface area contributed by atoms with Crippen molar-refractivity contribution < 1.29 is 22.7 Å². The van der Waals surface area contributed by atoms with E-state index in [0.717, 1.165) is 12.8 Å². The molecule has 2 saturated heterocycles. The summed E-state index contributed by atoms with van der Waals surface area (Å²) in [5, 5.41) is 0.189. The molecule has 0 bridgehead atoms. The van der Waals surface area contributed by atoms with Crippen molar-refractivity contribution in [2.24, 2.45) is 17.1 Å². The third kappa shape index (κ3) is 3.09. The summed E-state index contributed by atoms with van der Waals surface area (Å²) in [7, 11) is 0. The number of nitrogens with two attached hydrogens (primary N) is 1. The second-order valence-corrected chi connectivity index (χ2v) is 6.99. The van der Waals surface area contributed by atoms with Gasteiger partial charge in [-0.2, -0.15) is 13.2 Å². The molecule has 128 valence electrons. The van der Waals surface area contributed by atoms with Gasteiger partial charge in [-0.05, 0) is 30.7 Å². The molecule has 1 amide bonds. The quantitative estimate of drug-likeness (QED) is 0.887. The monoisotopic (exact) mass is 349 g/mol. The summed E-state index contributed by atoms with van der Waals surface area (Å²) in [5.74, 6) is -0.297. The molecule has 0 aromatic carbocycles. The number of carbonyl (C=O) groups is 1. The Morgan fingerprint density at radius 1 is 1.48 bits per heavy atom. The molecular formula is C14H18F3N3O2S. The Kier molecular flexibility index (Phi) is 4.37. The van der Waals surface area contributed by atoms with Gasteiger partial charge in [0.1, 0.15) is 5.69 Å². The highest BCUT2D eigenvalue weighted by Gasteiger charge is 2.48. The number of rotatable bonds is 2. The number of thiazole rings is 1. The van der Waals surface area contributed by atoms with Crippen molar-refractivity contribution in [2.45, 2.75) is 19.0 Å². The van der Waals surface area contributed by atoms with Crippen molar-refractivity contribution in [3.05, 3.63) is 16.1 Å². The fourth-order valence-corrected chi connectivity index (χ4v) is 4.18. The van der Waals surface area contributed by atoms with Crippen LogP contribution in [0.15, 0.2) is 5.38 Å². The molecule has 2 fully saturated rings. The van der Waals surface area contributed by atoms with Crippen LogP contribution in [0, 0.1) is 11.3 Å². The van der Waals surface area contributed by atoms with Crippen LogP contribution < -0.4 is 5.73 Å². The Morgan fingerprint density at radius 3 is 2.74 bits per heavy atom. The third-order valence-corrected chi connectivity index (χ3v) is 5.73. The maximum Gasteiger partial charge on any atom is 0.443 e. The van der Waals surface area contributed by atoms with Crippen molar-refractivity contribution in [1.82, 2.24) is 9.88 Å². The van der Waals surface area contributed by atoms with E-state index in [2.05, 4.69) is 4.98 Å². The van der Waals surface area contributed by atoms with Gasteiger partial charge < -0.3 is 15.4 Å². The minimum absolute atomic E-state index is 0.0778. The van der Waals surface area contributed by atoms with Gasteiger partial charge in [-0.3, -0.25) is 4.79 Å². The number of aromatic nitrogens is 1. The normalized spacial score (nSPS) is 24.3. The van der Waals surface area contributed by atoms with Crippen LogP contribution in [0.2, 0.25) is 0 Å². The molecular weight excluding hydrogens is 331 g/mol. The maximum absolute atomic E-state index is 12.6. The smallest absolute Gasteiger partial charge is 0.381 e. The van der Waals surface area contributed by atoms with E-state index < -0.39 is 17.1 Å². The van der Waals surface area contributed by atoms with Gasteiger partial charge >= 0.3 is 6.18 Å². The molecule has 1 aromatic rings. The van der Waals surface area contributed by atoms with E-state index in [1.165, 1.54) is 5.38 Å². The average molecular weight is 349 g/mol. The summed E-state index contributed by atoms with van der Waals surface area (Å²) in [6.07, 6.45) is -2.87. The zero-order chi connectivity index (χ0) is 16.7. The molecule has 0 saturated carbocycles. The van der Waals surface area contributed by atoms with E-state index >= 15 is 0 Å². The Bertz CT molecular complexity index is 584. The fourth-order valence-electron chi connectivity index (χ4n) is 3.52. The molecule has 3 heterocycles. The van der Waals surface area contributed by atoms with Crippen LogP contribution in [0.3, 0.4) is 0 Å². The molecule has 0 radical (unpaired) electrons. The summed E-state index contributed by atoms with van der Waals surface area (Å²) in [6.45, 7) is 2.69. The van der Waals surface area contributed by atoms with E-state index in [0.29, 0.717) is 44.2 Å². The number of nitrogens with zero attached hydrogens (tertiary/aromatic N) is 2. The molecule has 23 heavy (non-hydrogen) atoms. The van der Waals surface area contributed by atoms with Gasteiger partial charge in [0.2, 0.25) is 0 Å². The lowest BCUT2D eigenvalue weighted by Crippen LogP contribution is -2.40. The van der Waals surface area contributed by atoms with Crippen LogP contribution in [0.25, 0.3) is 0 Å². The lowest BCUT2D eigenvalue weighted by molar-refractivity contribution is -0.137. The first-order chi connectivity index (χ1) is 10.9. The van der Waals surface area contributed by atoms with E-state index in [1.807, 2.05) is 0 Å². The first-order valence-electron chi connectivity index (χ1n) is 7.45. The zero-order valence-corrected chi connectivity index (χ0v) is 13.3. The highest BCUT2D eigenvalue weighted by Crippen LogP contribution is 2.44. The Morgan fingerprint density at radius 2 is 2.17 bits per heavy atom. The molecule has 1 unspecified atom stereocenters. The van der Waals surface area contributed by atoms with Gasteiger partial charge in [0.05, 0.1) is 0 Å². The largest absolute Gasteiger partial charge is 0.443 e. The van der Waals surface area contributed by atoms with E-state index in [-0.39, 0.29) is 17.0 Å². The second-order valence-electron chi connectivity index (χ2n) is 6.13. The summed E-state index contributed by atoms with van der Waals surface area (Å²) in [4.78, 5) is 17.6. The molecule has 2 aliphatic rings. The van der Waals surface area contributed by atoms with E-state index in [4.69, 9.17) is 10.5 Å². The molecule has 2 aliphatic heterocycles. The Labute approximate surface area is 135 Å². The number of amides is 1. The summed E-state index contributed by atoms with van der Waals surface area (Å²) in [6, 6.07) is 0. The molecule has 5 nitrogen and oxygen atoms in total. The number of halogens is 3. The fraction of sp³-hybridized carbons (Fsp3) is 0.714. The molecule has 3 rings (SSSR count). The minimum Gasteiger partial charge on any atom is -0.381 e. The molecule has 1 atom stereocenters. The Hall–Kier alpha value is -1.19. The molecule has 1 aromatic heterocycles. The van der Waals surface area contributed by atoms with Gasteiger partial charge in [-0.1, -0.05) is 0 Å². The van der Waals surface area contributed by atoms with Crippen molar-refractivity contribution >= 4 is 17.2 Å². The van der Waals surface area contributed by atoms with Crippen LogP contribution in [0.5, 0.6) is 0 Å². The Balaban J connectivity index is 1.77. The highest BCUT2D eigenvalue weighted by molar-refractivity contribution is 7.09. The van der Waals surface area contributed by atoms with Crippen LogP contribution in [-0.4, -0.2) is 48.6 Å². The first-order valence-corrected chi connectivity index (χ1v) is 8.33. The van der Waals surface area contributed by atoms with Gasteiger partial charge in [0, 0.05) is 31.7 Å². The number of ether oxygens (including phenoxy) is 1. The van der Waals surface area contributed by atoms with Crippen molar-refractivity contribution in [2.75, 3.05) is 32.8 Å². The number of hydrogen-bond acceptors (Lipinski definition) is 5. The van der Waals surface area contributed by atoms with Crippen LogP contribution in [-0.2, 0) is 10.9 Å². The summed E-state index contributed by atoms with van der Waals surface area (Å²) >= 11 is 0.449. The number of hydrogen-bond donors (Lipinski definition) is 1. The van der Waals surface area contributed by atoms with E-state index in [9.17, 15) is 18.0 Å².